The smallest absolute Gasteiger partial charge is 0.0137 e. The lowest BCUT2D eigenvalue weighted by atomic mass is 9.79. The average molecular weight is 248 g/mol. The van der Waals surface area contributed by atoms with E-state index in [1.807, 2.05) is 0 Å². The summed E-state index contributed by atoms with van der Waals surface area (Å²) in [6.45, 7) is 0. The highest BCUT2D eigenvalue weighted by Gasteiger charge is 2.22. The van der Waals surface area contributed by atoms with Crippen LogP contribution in [0.25, 0.3) is 0 Å². The maximum absolute atomic E-state index is 3.90. The fourth-order valence-electron chi connectivity index (χ4n) is 3.88. The summed E-state index contributed by atoms with van der Waals surface area (Å²) < 4.78 is 0. The van der Waals surface area contributed by atoms with Crippen molar-refractivity contribution < 1.29 is 0 Å². The van der Waals surface area contributed by atoms with Crippen LogP contribution in [0.4, 0.5) is 0 Å². The van der Waals surface area contributed by atoms with Crippen molar-refractivity contribution >= 4 is 0 Å². The molecule has 1 unspecified atom stereocenters. The van der Waals surface area contributed by atoms with Gasteiger partial charge in [0.2, 0.25) is 0 Å². The van der Waals surface area contributed by atoms with Crippen LogP contribution in [0.5, 0.6) is 0 Å². The summed E-state index contributed by atoms with van der Waals surface area (Å²) in [6, 6.07) is 0. The van der Waals surface area contributed by atoms with Gasteiger partial charge in [0.25, 0.3) is 0 Å². The minimum absolute atomic E-state index is 0.848. The first-order valence-electron chi connectivity index (χ1n) is 8.70. The Morgan fingerprint density at radius 1 is 0.500 bits per heavy atom. The van der Waals surface area contributed by atoms with E-state index < -0.39 is 0 Å². The van der Waals surface area contributed by atoms with E-state index in [1.165, 1.54) is 96.3 Å². The monoisotopic (exact) mass is 248 g/mol. The molecule has 2 aliphatic carbocycles. The first kappa shape index (κ1) is 14.4. The Morgan fingerprint density at radius 2 is 1.00 bits per heavy atom. The van der Waals surface area contributed by atoms with Crippen LogP contribution < -0.4 is 0 Å². The third-order valence-corrected chi connectivity index (χ3v) is 5.07. The van der Waals surface area contributed by atoms with E-state index in [2.05, 4.69) is 6.42 Å². The topological polar surface area (TPSA) is 0 Å². The molecule has 2 rings (SSSR count). The number of rotatable bonds is 1. The van der Waals surface area contributed by atoms with Crippen molar-refractivity contribution in [3.05, 3.63) is 6.42 Å². The van der Waals surface area contributed by atoms with Crippen LogP contribution in [0.1, 0.15) is 96.3 Å². The SMILES string of the molecule is [C]1CCCCCCCC1C1CCCCCCCC1. The fourth-order valence-corrected chi connectivity index (χ4v) is 3.88. The molecule has 18 heavy (non-hydrogen) atoms. The van der Waals surface area contributed by atoms with Crippen molar-refractivity contribution in [2.24, 2.45) is 11.8 Å². The summed E-state index contributed by atoms with van der Waals surface area (Å²) in [7, 11) is 0. The molecule has 0 saturated heterocycles. The van der Waals surface area contributed by atoms with Crippen molar-refractivity contribution in [1.29, 1.82) is 0 Å². The second kappa shape index (κ2) is 8.99. The molecule has 0 aromatic carbocycles. The molecule has 2 fully saturated rings. The molecule has 0 bridgehead atoms. The van der Waals surface area contributed by atoms with Crippen LogP contribution in [-0.2, 0) is 0 Å². The molecule has 0 heterocycles. The maximum atomic E-state index is 3.90. The third kappa shape index (κ3) is 5.33. The van der Waals surface area contributed by atoms with E-state index in [0.29, 0.717) is 0 Å². The lowest BCUT2D eigenvalue weighted by Crippen LogP contribution is -2.16. The predicted octanol–water partition coefficient (Wildman–Crippen LogP) is 6.18. The van der Waals surface area contributed by atoms with Crippen LogP contribution in [0.3, 0.4) is 0 Å². The minimum Gasteiger partial charge on any atom is -0.0533 e. The second-order valence-corrected chi connectivity index (χ2v) is 6.58. The number of hydrogen-bond donors (Lipinski definition) is 0. The Bertz CT molecular complexity index is 154. The highest BCUT2D eigenvalue weighted by Crippen LogP contribution is 2.34. The average Bonchev–Trinajstić information content (AvgIpc) is 2.61. The molecule has 1 atom stereocenters. The Hall–Kier alpha value is 0. The molecule has 104 valence electrons. The molecule has 0 heteroatoms. The molecule has 0 aliphatic heterocycles. The minimum atomic E-state index is 0.848. The third-order valence-electron chi connectivity index (χ3n) is 5.07. The van der Waals surface area contributed by atoms with Gasteiger partial charge in [0.05, 0.1) is 0 Å². The van der Waals surface area contributed by atoms with Gasteiger partial charge in [-0.1, -0.05) is 83.5 Å². The van der Waals surface area contributed by atoms with Crippen molar-refractivity contribution in [3.8, 4) is 0 Å². The Kier molecular flexibility index (Phi) is 7.20. The molecule has 2 saturated carbocycles. The van der Waals surface area contributed by atoms with Gasteiger partial charge in [0, 0.05) is 0 Å². The van der Waals surface area contributed by atoms with Crippen molar-refractivity contribution in [1.82, 2.24) is 0 Å². The van der Waals surface area contributed by atoms with E-state index >= 15 is 0 Å². The fraction of sp³-hybridized carbons (Fsp3) is 0.944. The predicted molar refractivity (Wildman–Crippen MR) is 79.5 cm³/mol. The normalized spacial score (nSPS) is 27.3. The molecule has 0 nitrogen and oxygen atoms in total. The largest absolute Gasteiger partial charge is 0.0533 e. The quantitative estimate of drug-likeness (QED) is 0.520. The Labute approximate surface area is 115 Å². The standard InChI is InChI=1S/C18H32/c1-2-6-10-14-17(13-9-5-1)18-15-11-7-3-4-8-12-16-18/h17-18H,1-15H2. The van der Waals surface area contributed by atoms with Crippen molar-refractivity contribution in [2.75, 3.05) is 0 Å². The van der Waals surface area contributed by atoms with E-state index in [0.717, 1.165) is 11.8 Å². The van der Waals surface area contributed by atoms with E-state index in [-0.39, 0.29) is 0 Å². The molecule has 2 aliphatic rings. The van der Waals surface area contributed by atoms with E-state index in [1.54, 1.807) is 0 Å². The van der Waals surface area contributed by atoms with Crippen LogP contribution in [0, 0.1) is 18.3 Å². The summed E-state index contributed by atoms with van der Waals surface area (Å²) >= 11 is 0. The van der Waals surface area contributed by atoms with Crippen LogP contribution >= 0.6 is 0 Å². The molecule has 2 radical (unpaired) electrons. The van der Waals surface area contributed by atoms with Gasteiger partial charge < -0.3 is 0 Å². The van der Waals surface area contributed by atoms with Gasteiger partial charge in [-0.25, -0.2) is 0 Å². The highest BCUT2D eigenvalue weighted by molar-refractivity contribution is 4.84. The van der Waals surface area contributed by atoms with E-state index in [9.17, 15) is 0 Å². The zero-order valence-corrected chi connectivity index (χ0v) is 12.3. The first-order valence-corrected chi connectivity index (χ1v) is 8.70. The molecular formula is C18H32. The summed E-state index contributed by atoms with van der Waals surface area (Å²) in [6.07, 6.45) is 25.8. The van der Waals surface area contributed by atoms with Gasteiger partial charge >= 0.3 is 0 Å². The van der Waals surface area contributed by atoms with Crippen LogP contribution in [-0.4, -0.2) is 0 Å². The lowest BCUT2D eigenvalue weighted by Gasteiger charge is -2.26. The van der Waals surface area contributed by atoms with Crippen molar-refractivity contribution in [2.45, 2.75) is 96.3 Å². The molecule has 0 amide bonds. The van der Waals surface area contributed by atoms with Gasteiger partial charge in [-0.05, 0) is 31.1 Å². The van der Waals surface area contributed by atoms with Crippen molar-refractivity contribution in [3.63, 3.8) is 0 Å². The zero-order chi connectivity index (χ0) is 12.5. The van der Waals surface area contributed by atoms with Gasteiger partial charge in [0.1, 0.15) is 0 Å². The summed E-state index contributed by atoms with van der Waals surface area (Å²) in [5.74, 6) is 1.84. The lowest BCUT2D eigenvalue weighted by molar-refractivity contribution is 0.291. The Morgan fingerprint density at radius 3 is 1.67 bits per heavy atom. The van der Waals surface area contributed by atoms with Gasteiger partial charge in [-0.3, -0.25) is 0 Å². The van der Waals surface area contributed by atoms with Crippen LogP contribution in [0.2, 0.25) is 0 Å². The molecule has 0 aromatic rings. The summed E-state index contributed by atoms with van der Waals surface area (Å²) in [5.41, 5.74) is 0. The highest BCUT2D eigenvalue weighted by atomic mass is 14.3. The second-order valence-electron chi connectivity index (χ2n) is 6.58. The molecule has 0 spiro atoms. The number of hydrogen-bond acceptors (Lipinski definition) is 0. The molecule has 0 N–H and O–H groups in total. The summed E-state index contributed by atoms with van der Waals surface area (Å²) in [4.78, 5) is 0. The zero-order valence-electron chi connectivity index (χ0n) is 12.3. The van der Waals surface area contributed by atoms with Crippen LogP contribution in [0.15, 0.2) is 0 Å². The van der Waals surface area contributed by atoms with Gasteiger partial charge in [-0.15, -0.1) is 0 Å². The van der Waals surface area contributed by atoms with Gasteiger partial charge in [0.15, 0.2) is 0 Å². The maximum Gasteiger partial charge on any atom is -0.0137 e. The van der Waals surface area contributed by atoms with E-state index in [4.69, 9.17) is 0 Å². The Balaban J connectivity index is 1.83. The first-order chi connectivity index (χ1) is 8.97. The van der Waals surface area contributed by atoms with Gasteiger partial charge in [-0.2, -0.15) is 0 Å². The molecule has 0 aromatic heterocycles. The summed E-state index contributed by atoms with van der Waals surface area (Å²) in [5, 5.41) is 0. The molecular weight excluding hydrogens is 216 g/mol.